The molecule has 1 atom stereocenters. The zero-order valence-electron chi connectivity index (χ0n) is 19.4. The molecule has 0 aromatic heterocycles. The topological polar surface area (TPSA) is 12.5 Å². The van der Waals surface area contributed by atoms with E-state index in [4.69, 9.17) is 4.43 Å². The van der Waals surface area contributed by atoms with Gasteiger partial charge in [0, 0.05) is 29.8 Å². The van der Waals surface area contributed by atoms with E-state index < -0.39 is 31.6 Å². The highest BCUT2D eigenvalue weighted by Gasteiger charge is 2.62. The lowest BCUT2D eigenvalue weighted by molar-refractivity contribution is 0.400. The minimum atomic E-state index is -2.12. The molecule has 0 amide bonds. The zero-order valence-corrected chi connectivity index (χ0v) is 23.4. The second-order valence-corrected chi connectivity index (χ2v) is 37.8. The summed E-state index contributed by atoms with van der Waals surface area (Å²) >= 11 is 0. The van der Waals surface area contributed by atoms with E-state index in [0.29, 0.717) is 0 Å². The molecular formula is C20H43NOSi4. The van der Waals surface area contributed by atoms with E-state index in [1.54, 1.807) is 5.19 Å². The Morgan fingerprint density at radius 3 is 1.65 bits per heavy atom. The normalized spacial score (nSPS) is 16.2. The summed E-state index contributed by atoms with van der Waals surface area (Å²) in [5.74, 6) is 0. The van der Waals surface area contributed by atoms with Crippen LogP contribution in [0, 0.1) is 0 Å². The monoisotopic (exact) mass is 425 g/mol. The SMILES string of the molecule is CO[Si](c1ccccc1CN(C)C)(C([Si](C)(C)C)[Si](C)(C)C)[Si](C)(C)C. The van der Waals surface area contributed by atoms with Crippen LogP contribution in [0.4, 0.5) is 0 Å². The lowest BCUT2D eigenvalue weighted by Crippen LogP contribution is -2.77. The van der Waals surface area contributed by atoms with Crippen molar-refractivity contribution in [2.75, 3.05) is 21.2 Å². The Morgan fingerprint density at radius 2 is 1.31 bits per heavy atom. The van der Waals surface area contributed by atoms with Crippen molar-refractivity contribution in [3.05, 3.63) is 29.8 Å². The van der Waals surface area contributed by atoms with Crippen molar-refractivity contribution in [3.8, 4) is 0 Å². The summed E-state index contributed by atoms with van der Waals surface area (Å²) in [6, 6.07) is 9.24. The lowest BCUT2D eigenvalue weighted by atomic mass is 10.2. The Labute approximate surface area is 167 Å². The van der Waals surface area contributed by atoms with E-state index in [1.807, 2.05) is 7.11 Å². The van der Waals surface area contributed by atoms with E-state index in [2.05, 4.69) is 102 Å². The molecule has 1 aromatic carbocycles. The van der Waals surface area contributed by atoms with E-state index >= 15 is 0 Å². The van der Waals surface area contributed by atoms with Crippen LogP contribution in [-0.2, 0) is 11.0 Å². The van der Waals surface area contributed by atoms with Crippen LogP contribution in [-0.4, -0.2) is 57.7 Å². The number of hydrogen-bond acceptors (Lipinski definition) is 2. The van der Waals surface area contributed by atoms with Gasteiger partial charge in [0.05, 0.1) is 7.59 Å². The van der Waals surface area contributed by atoms with Gasteiger partial charge in [-0.2, -0.15) is 0 Å². The van der Waals surface area contributed by atoms with Gasteiger partial charge in [-0.05, 0) is 29.6 Å². The van der Waals surface area contributed by atoms with Crippen molar-refractivity contribution in [1.82, 2.24) is 4.90 Å². The first kappa shape index (κ1) is 24.0. The number of hydrogen-bond donors (Lipinski definition) is 0. The van der Waals surface area contributed by atoms with Gasteiger partial charge in [0.15, 0.2) is 0 Å². The smallest absolute Gasteiger partial charge is 0.207 e. The summed E-state index contributed by atoms with van der Waals surface area (Å²) in [6.45, 7) is 24.3. The summed E-state index contributed by atoms with van der Waals surface area (Å²) in [4.78, 5) is 3.11. The van der Waals surface area contributed by atoms with Gasteiger partial charge >= 0.3 is 0 Å². The Balaban J connectivity index is 3.92. The molecule has 6 heteroatoms. The summed E-state index contributed by atoms with van der Waals surface area (Å²) in [5, 5.41) is 1.60. The number of nitrogens with zero attached hydrogens (tertiary/aromatic N) is 1. The highest BCUT2D eigenvalue weighted by atomic mass is 29.3. The summed E-state index contributed by atoms with van der Waals surface area (Å²) < 4.78 is 6.88. The van der Waals surface area contributed by atoms with Gasteiger partial charge in [0.1, 0.15) is 0 Å². The molecule has 0 saturated heterocycles. The average Bonchev–Trinajstić information content (AvgIpc) is 2.40. The molecule has 1 aromatic rings. The first-order valence-electron chi connectivity index (χ1n) is 9.87. The first-order valence-corrected chi connectivity index (χ1v) is 23.5. The molecule has 0 aliphatic carbocycles. The molecule has 0 N–H and O–H groups in total. The highest BCUT2D eigenvalue weighted by Crippen LogP contribution is 2.44. The predicted molar refractivity (Wildman–Crippen MR) is 130 cm³/mol. The minimum Gasteiger partial charge on any atom is -0.418 e. The molecule has 26 heavy (non-hydrogen) atoms. The minimum absolute atomic E-state index is 0.808. The third-order valence-electron chi connectivity index (χ3n) is 5.48. The van der Waals surface area contributed by atoms with Gasteiger partial charge in [0.25, 0.3) is 0 Å². The van der Waals surface area contributed by atoms with Crippen molar-refractivity contribution >= 4 is 36.8 Å². The molecule has 0 aliphatic heterocycles. The van der Waals surface area contributed by atoms with Gasteiger partial charge in [0.2, 0.25) is 7.83 Å². The van der Waals surface area contributed by atoms with E-state index in [9.17, 15) is 0 Å². The molecule has 0 aliphatic rings. The fraction of sp³-hybridized carbons (Fsp3) is 0.700. The van der Waals surface area contributed by atoms with Crippen LogP contribution in [0.2, 0.25) is 63.7 Å². The van der Waals surface area contributed by atoms with Crippen LogP contribution in [0.15, 0.2) is 24.3 Å². The second kappa shape index (κ2) is 8.17. The maximum absolute atomic E-state index is 6.88. The molecule has 0 saturated carbocycles. The molecule has 0 bridgehead atoms. The molecular weight excluding hydrogens is 383 g/mol. The summed E-state index contributed by atoms with van der Waals surface area (Å²) in [5.41, 5.74) is 1.50. The van der Waals surface area contributed by atoms with Crippen LogP contribution in [0.25, 0.3) is 0 Å². The Hall–Kier alpha value is 0.00753. The van der Waals surface area contributed by atoms with Crippen LogP contribution < -0.4 is 5.19 Å². The Kier molecular flexibility index (Phi) is 7.55. The third-order valence-corrected chi connectivity index (χ3v) is 37.5. The van der Waals surface area contributed by atoms with Gasteiger partial charge in [-0.25, -0.2) is 0 Å². The lowest BCUT2D eigenvalue weighted by Gasteiger charge is -2.55. The van der Waals surface area contributed by atoms with Crippen molar-refractivity contribution in [3.63, 3.8) is 0 Å². The maximum atomic E-state index is 6.88. The molecule has 2 nitrogen and oxygen atoms in total. The van der Waals surface area contributed by atoms with Crippen LogP contribution in [0.3, 0.4) is 0 Å². The molecule has 0 spiro atoms. The van der Waals surface area contributed by atoms with E-state index in [1.165, 1.54) is 5.56 Å². The first-order chi connectivity index (χ1) is 11.6. The van der Waals surface area contributed by atoms with Gasteiger partial charge < -0.3 is 9.33 Å². The van der Waals surface area contributed by atoms with Gasteiger partial charge in [-0.15, -0.1) is 0 Å². The quantitative estimate of drug-likeness (QED) is 0.538. The van der Waals surface area contributed by atoms with Gasteiger partial charge in [-0.1, -0.05) is 83.2 Å². The van der Waals surface area contributed by atoms with Crippen molar-refractivity contribution in [2.45, 2.75) is 70.3 Å². The standard InChI is InChI=1S/C20H43NOSi4/c1-21(2)17-18-15-13-14-16-19(18)26(22-3,25(10,11)12)20(23(4,5)6)24(7,8)9/h13-16,20H,17H2,1-12H3. The molecule has 0 heterocycles. The van der Waals surface area contributed by atoms with Crippen molar-refractivity contribution in [2.24, 2.45) is 0 Å². The third kappa shape index (κ3) is 4.88. The molecule has 0 radical (unpaired) electrons. The summed E-state index contributed by atoms with van der Waals surface area (Å²) in [6.07, 6.45) is 0. The predicted octanol–water partition coefficient (Wildman–Crippen LogP) is 5.09. The Morgan fingerprint density at radius 1 is 0.846 bits per heavy atom. The van der Waals surface area contributed by atoms with E-state index in [0.717, 1.165) is 11.3 Å². The summed E-state index contributed by atoms with van der Waals surface area (Å²) in [7, 11) is -0.128. The van der Waals surface area contributed by atoms with Gasteiger partial charge in [-0.3, -0.25) is 0 Å². The van der Waals surface area contributed by atoms with Crippen LogP contribution >= 0.6 is 0 Å². The molecule has 1 rings (SSSR count). The fourth-order valence-corrected chi connectivity index (χ4v) is 54.4. The molecule has 0 fully saturated rings. The average molecular weight is 426 g/mol. The maximum Gasteiger partial charge on any atom is 0.207 e. The number of rotatable bonds is 8. The molecule has 150 valence electrons. The second-order valence-electron chi connectivity index (χ2n) is 11.2. The Bertz CT molecular complexity index is 585. The van der Waals surface area contributed by atoms with Crippen molar-refractivity contribution < 1.29 is 4.43 Å². The fourth-order valence-electron chi connectivity index (χ4n) is 5.41. The molecule has 1 unspecified atom stereocenters. The number of benzene rings is 1. The van der Waals surface area contributed by atoms with Crippen molar-refractivity contribution in [1.29, 1.82) is 0 Å². The largest absolute Gasteiger partial charge is 0.418 e. The highest BCUT2D eigenvalue weighted by molar-refractivity contribution is 7.49. The zero-order chi connectivity index (χ0) is 20.6. The van der Waals surface area contributed by atoms with E-state index in [-0.39, 0.29) is 0 Å². The van der Waals surface area contributed by atoms with Crippen LogP contribution in [0.1, 0.15) is 5.56 Å². The van der Waals surface area contributed by atoms with Crippen LogP contribution in [0.5, 0.6) is 0 Å².